The minimum absolute atomic E-state index is 0.00782. The van der Waals surface area contributed by atoms with Crippen LogP contribution in [0.5, 0.6) is 5.75 Å². The molecule has 1 aromatic heterocycles. The number of nitrogens with one attached hydrogen (secondary N) is 1. The number of fused-ring (bicyclic) bond motifs is 1. The van der Waals surface area contributed by atoms with Crippen LogP contribution in [0.2, 0.25) is 0 Å². The first-order valence-electron chi connectivity index (χ1n) is 9.58. The number of carbonyl (C=O) groups is 2. The van der Waals surface area contributed by atoms with E-state index in [1.54, 1.807) is 6.20 Å². The summed E-state index contributed by atoms with van der Waals surface area (Å²) in [5.74, 6) is 0.926. The lowest BCUT2D eigenvalue weighted by Crippen LogP contribution is -2.49. The topological polar surface area (TPSA) is 74.8 Å². The van der Waals surface area contributed by atoms with Crippen molar-refractivity contribution in [1.29, 1.82) is 0 Å². The summed E-state index contributed by atoms with van der Waals surface area (Å²) in [7, 11) is 0. The van der Waals surface area contributed by atoms with Crippen LogP contribution in [-0.2, 0) is 9.59 Å². The van der Waals surface area contributed by atoms with Crippen molar-refractivity contribution in [3.63, 3.8) is 0 Å². The molecule has 0 bridgehead atoms. The molecule has 2 amide bonds. The fourth-order valence-corrected chi connectivity index (χ4v) is 3.57. The van der Waals surface area contributed by atoms with Gasteiger partial charge in [-0.25, -0.2) is 4.98 Å². The molecule has 146 valence electrons. The van der Waals surface area contributed by atoms with Gasteiger partial charge in [-0.3, -0.25) is 9.59 Å². The van der Waals surface area contributed by atoms with Crippen molar-refractivity contribution in [3.8, 4) is 5.75 Å². The summed E-state index contributed by atoms with van der Waals surface area (Å²) < 4.78 is 5.80. The van der Waals surface area contributed by atoms with E-state index in [9.17, 15) is 9.59 Å². The van der Waals surface area contributed by atoms with Gasteiger partial charge in [0.05, 0.1) is 11.6 Å². The van der Waals surface area contributed by atoms with Crippen molar-refractivity contribution in [2.45, 2.75) is 13.3 Å². The second kappa shape index (κ2) is 7.88. The first-order valence-corrected chi connectivity index (χ1v) is 9.58. The molecule has 7 heteroatoms. The van der Waals surface area contributed by atoms with Gasteiger partial charge in [0, 0.05) is 38.8 Å². The molecule has 4 rings (SSSR count). The average molecular weight is 380 g/mol. The Kier molecular flexibility index (Phi) is 5.14. The van der Waals surface area contributed by atoms with E-state index in [1.807, 2.05) is 48.2 Å². The molecule has 0 radical (unpaired) electrons. The van der Waals surface area contributed by atoms with Crippen LogP contribution >= 0.6 is 0 Å². The van der Waals surface area contributed by atoms with Gasteiger partial charge >= 0.3 is 0 Å². The predicted octanol–water partition coefficient (Wildman–Crippen LogP) is 2.08. The van der Waals surface area contributed by atoms with Gasteiger partial charge in [-0.05, 0) is 36.8 Å². The molecule has 0 saturated carbocycles. The van der Waals surface area contributed by atoms with Gasteiger partial charge in [0.2, 0.25) is 11.8 Å². The highest BCUT2D eigenvalue weighted by Crippen LogP contribution is 2.30. The molecule has 1 aromatic carbocycles. The fraction of sp³-hybridized carbons (Fsp3) is 0.381. The maximum atomic E-state index is 12.8. The van der Waals surface area contributed by atoms with E-state index in [4.69, 9.17) is 4.74 Å². The highest BCUT2D eigenvalue weighted by molar-refractivity contribution is 5.97. The van der Waals surface area contributed by atoms with Gasteiger partial charge < -0.3 is 19.9 Å². The molecule has 3 heterocycles. The number of hydrogen-bond acceptors (Lipinski definition) is 5. The zero-order valence-electron chi connectivity index (χ0n) is 15.9. The van der Waals surface area contributed by atoms with E-state index in [1.165, 1.54) is 0 Å². The second-order valence-corrected chi connectivity index (χ2v) is 7.26. The standard InChI is InChI=1S/C21H24N4O3/c1-15-5-6-17-18(12-15)28-14-16(21(27)23-17)13-20(26)25-10-8-24(9-11-25)19-4-2-3-7-22-19/h2-7,12,16H,8-11,13-14H2,1H3,(H,23,27). The van der Waals surface area contributed by atoms with Gasteiger partial charge in [0.25, 0.3) is 0 Å². The number of aromatic nitrogens is 1. The molecular weight excluding hydrogens is 356 g/mol. The molecule has 2 aliphatic heterocycles. The fourth-order valence-electron chi connectivity index (χ4n) is 3.57. The van der Waals surface area contributed by atoms with Gasteiger partial charge in [-0.2, -0.15) is 0 Å². The average Bonchev–Trinajstić information content (AvgIpc) is 2.87. The first kappa shape index (κ1) is 18.3. The number of nitrogens with zero attached hydrogens (tertiary/aromatic N) is 3. The lowest BCUT2D eigenvalue weighted by atomic mass is 10.0. The van der Waals surface area contributed by atoms with Crippen molar-refractivity contribution in [2.75, 3.05) is 43.0 Å². The van der Waals surface area contributed by atoms with Crippen LogP contribution in [0.3, 0.4) is 0 Å². The number of anilines is 2. The molecule has 1 unspecified atom stereocenters. The molecular formula is C21H24N4O3. The van der Waals surface area contributed by atoms with E-state index in [-0.39, 0.29) is 24.8 Å². The highest BCUT2D eigenvalue weighted by atomic mass is 16.5. The molecule has 2 aliphatic rings. The molecule has 1 atom stereocenters. The van der Waals surface area contributed by atoms with Crippen molar-refractivity contribution < 1.29 is 14.3 Å². The van der Waals surface area contributed by atoms with Gasteiger partial charge in [-0.1, -0.05) is 12.1 Å². The van der Waals surface area contributed by atoms with Crippen LogP contribution in [0, 0.1) is 12.8 Å². The SMILES string of the molecule is Cc1ccc2c(c1)OCC(CC(=O)N1CCN(c3ccccn3)CC1)C(=O)N2. The van der Waals surface area contributed by atoms with Crippen LogP contribution in [-0.4, -0.2) is 54.5 Å². The number of ether oxygens (including phenoxy) is 1. The number of amides is 2. The monoisotopic (exact) mass is 380 g/mol. The molecule has 1 N–H and O–H groups in total. The number of carbonyl (C=O) groups excluding carboxylic acids is 2. The summed E-state index contributed by atoms with van der Waals surface area (Å²) in [5.41, 5.74) is 1.72. The number of pyridine rings is 1. The highest BCUT2D eigenvalue weighted by Gasteiger charge is 2.30. The second-order valence-electron chi connectivity index (χ2n) is 7.26. The molecule has 1 saturated heterocycles. The lowest BCUT2D eigenvalue weighted by molar-refractivity contribution is -0.135. The Labute approximate surface area is 164 Å². The van der Waals surface area contributed by atoms with Crippen molar-refractivity contribution in [1.82, 2.24) is 9.88 Å². The quantitative estimate of drug-likeness (QED) is 0.882. The van der Waals surface area contributed by atoms with Crippen LogP contribution < -0.4 is 15.0 Å². The first-order chi connectivity index (χ1) is 13.6. The molecule has 0 aliphatic carbocycles. The maximum absolute atomic E-state index is 12.8. The Morgan fingerprint density at radius 2 is 2.04 bits per heavy atom. The number of piperazine rings is 1. The Hall–Kier alpha value is -3.09. The van der Waals surface area contributed by atoms with Crippen LogP contribution in [0.15, 0.2) is 42.6 Å². The van der Waals surface area contributed by atoms with Crippen molar-refractivity contribution >= 4 is 23.3 Å². The summed E-state index contributed by atoms with van der Waals surface area (Å²) in [6, 6.07) is 11.5. The Balaban J connectivity index is 1.33. The summed E-state index contributed by atoms with van der Waals surface area (Å²) in [4.78, 5) is 33.7. The Bertz CT molecular complexity index is 863. The molecule has 28 heavy (non-hydrogen) atoms. The third-order valence-corrected chi connectivity index (χ3v) is 5.23. The zero-order chi connectivity index (χ0) is 19.5. The number of rotatable bonds is 3. The summed E-state index contributed by atoms with van der Waals surface area (Å²) in [6.07, 6.45) is 1.93. The van der Waals surface area contributed by atoms with Crippen LogP contribution in [0.25, 0.3) is 0 Å². The van der Waals surface area contributed by atoms with Crippen LogP contribution in [0.4, 0.5) is 11.5 Å². The smallest absolute Gasteiger partial charge is 0.231 e. The maximum Gasteiger partial charge on any atom is 0.231 e. The molecule has 7 nitrogen and oxygen atoms in total. The lowest BCUT2D eigenvalue weighted by Gasteiger charge is -2.35. The molecule has 0 spiro atoms. The number of aryl methyl sites for hydroxylation is 1. The third-order valence-electron chi connectivity index (χ3n) is 5.23. The summed E-state index contributed by atoms with van der Waals surface area (Å²) in [6.45, 7) is 4.92. The number of hydrogen-bond donors (Lipinski definition) is 1. The van der Waals surface area contributed by atoms with E-state index >= 15 is 0 Å². The third kappa shape index (κ3) is 3.93. The van der Waals surface area contributed by atoms with E-state index in [0.717, 1.165) is 24.5 Å². The van der Waals surface area contributed by atoms with Crippen LogP contribution in [0.1, 0.15) is 12.0 Å². The largest absolute Gasteiger partial charge is 0.491 e. The van der Waals surface area contributed by atoms with Gasteiger partial charge in [0.1, 0.15) is 18.2 Å². The van der Waals surface area contributed by atoms with Gasteiger partial charge in [0.15, 0.2) is 0 Å². The number of benzene rings is 1. The molecule has 2 aromatic rings. The zero-order valence-corrected chi connectivity index (χ0v) is 15.9. The normalized spacial score (nSPS) is 19.3. The van der Waals surface area contributed by atoms with Gasteiger partial charge in [-0.15, -0.1) is 0 Å². The summed E-state index contributed by atoms with van der Waals surface area (Å²) in [5, 5.41) is 2.89. The minimum Gasteiger partial charge on any atom is -0.491 e. The van der Waals surface area contributed by atoms with Crippen molar-refractivity contribution in [3.05, 3.63) is 48.2 Å². The van der Waals surface area contributed by atoms with E-state index < -0.39 is 5.92 Å². The Morgan fingerprint density at radius 1 is 1.21 bits per heavy atom. The predicted molar refractivity (Wildman–Crippen MR) is 106 cm³/mol. The Morgan fingerprint density at radius 3 is 2.79 bits per heavy atom. The minimum atomic E-state index is -0.492. The van der Waals surface area contributed by atoms with E-state index in [2.05, 4.69) is 15.2 Å². The molecule has 1 fully saturated rings. The van der Waals surface area contributed by atoms with E-state index in [0.29, 0.717) is 24.5 Å². The van der Waals surface area contributed by atoms with Crippen molar-refractivity contribution in [2.24, 2.45) is 5.92 Å². The summed E-state index contributed by atoms with van der Waals surface area (Å²) >= 11 is 0.